The molecule has 25 heavy (non-hydrogen) atoms. The van der Waals surface area contributed by atoms with Crippen molar-refractivity contribution in [1.29, 1.82) is 0 Å². The number of nitrogens with one attached hydrogen (secondary N) is 1. The minimum atomic E-state index is -0.249. The third kappa shape index (κ3) is 3.57. The fraction of sp³-hybridized carbons (Fsp3) is 0.529. The summed E-state index contributed by atoms with van der Waals surface area (Å²) in [5, 5.41) is 8.10. The first-order valence-corrected chi connectivity index (χ1v) is 8.51. The van der Waals surface area contributed by atoms with Gasteiger partial charge in [-0.15, -0.1) is 0 Å². The van der Waals surface area contributed by atoms with Gasteiger partial charge in [0.25, 0.3) is 0 Å². The summed E-state index contributed by atoms with van der Waals surface area (Å²) in [5.41, 5.74) is 2.25. The Hall–Kier alpha value is -2.64. The highest BCUT2D eigenvalue weighted by atomic mass is 16.5. The van der Waals surface area contributed by atoms with Crippen LogP contribution in [0.5, 0.6) is 0 Å². The number of nitrogens with zero attached hydrogens (tertiary/aromatic N) is 4. The number of ether oxygens (including phenoxy) is 1. The molecule has 0 aliphatic carbocycles. The molecule has 3 heterocycles. The minimum Gasteiger partial charge on any atom is -0.466 e. The average Bonchev–Trinajstić information content (AvgIpc) is 2.89. The molecule has 0 bridgehead atoms. The summed E-state index contributed by atoms with van der Waals surface area (Å²) in [7, 11) is 1.84. The third-order valence-corrected chi connectivity index (χ3v) is 4.44. The fourth-order valence-corrected chi connectivity index (χ4v) is 3.19. The van der Waals surface area contributed by atoms with Gasteiger partial charge in [-0.3, -0.25) is 9.48 Å². The van der Waals surface area contributed by atoms with Crippen LogP contribution in [-0.4, -0.2) is 51.4 Å². The van der Waals surface area contributed by atoms with Gasteiger partial charge >= 0.3 is 12.0 Å². The number of esters is 1. The van der Waals surface area contributed by atoms with Gasteiger partial charge in [0.2, 0.25) is 0 Å². The number of rotatable bonds is 3. The van der Waals surface area contributed by atoms with E-state index in [-0.39, 0.29) is 17.9 Å². The standard InChI is InChI=1S/C17H23N5O3/c1-4-25-16(23)12-6-5-7-22(10-12)17(24)19-13-8-14-11(2)20-21(3)15(14)18-9-13/h8-9,12H,4-7,10H2,1-3H3,(H,19,24)/t12-/m0/s1. The summed E-state index contributed by atoms with van der Waals surface area (Å²) in [4.78, 5) is 30.5. The van der Waals surface area contributed by atoms with E-state index >= 15 is 0 Å². The molecule has 0 saturated carbocycles. The molecule has 1 aliphatic heterocycles. The van der Waals surface area contributed by atoms with Crippen LogP contribution in [0.4, 0.5) is 10.5 Å². The van der Waals surface area contributed by atoms with Gasteiger partial charge in [-0.25, -0.2) is 9.78 Å². The second-order valence-corrected chi connectivity index (χ2v) is 6.27. The van der Waals surface area contributed by atoms with E-state index in [1.807, 2.05) is 20.0 Å². The number of fused-ring (bicyclic) bond motifs is 1. The number of urea groups is 1. The lowest BCUT2D eigenvalue weighted by Crippen LogP contribution is -2.44. The van der Waals surface area contributed by atoms with Crippen LogP contribution in [0.3, 0.4) is 0 Å². The SMILES string of the molecule is CCOC(=O)[C@H]1CCCN(C(=O)Nc2cnc3c(c2)c(C)nn3C)C1. The lowest BCUT2D eigenvalue weighted by Gasteiger charge is -2.31. The molecule has 0 radical (unpaired) electrons. The molecule has 1 fully saturated rings. The van der Waals surface area contributed by atoms with Gasteiger partial charge in [0.15, 0.2) is 5.65 Å². The maximum Gasteiger partial charge on any atom is 0.321 e. The highest BCUT2D eigenvalue weighted by Crippen LogP contribution is 2.21. The molecule has 134 valence electrons. The number of aromatic nitrogens is 3. The number of pyridine rings is 1. The molecule has 0 unspecified atom stereocenters. The summed E-state index contributed by atoms with van der Waals surface area (Å²) >= 11 is 0. The zero-order valence-electron chi connectivity index (χ0n) is 14.8. The number of piperidine rings is 1. The Morgan fingerprint density at radius 3 is 3.00 bits per heavy atom. The van der Waals surface area contributed by atoms with Crippen molar-refractivity contribution >= 4 is 28.7 Å². The van der Waals surface area contributed by atoms with Gasteiger partial charge in [-0.2, -0.15) is 5.10 Å². The van der Waals surface area contributed by atoms with E-state index in [0.29, 0.717) is 25.4 Å². The van der Waals surface area contributed by atoms with Crippen molar-refractivity contribution in [3.05, 3.63) is 18.0 Å². The highest BCUT2D eigenvalue weighted by molar-refractivity contribution is 5.92. The molecule has 1 saturated heterocycles. The van der Waals surface area contributed by atoms with Crippen LogP contribution in [0, 0.1) is 12.8 Å². The van der Waals surface area contributed by atoms with Crippen molar-refractivity contribution in [2.75, 3.05) is 25.0 Å². The number of carbonyl (C=O) groups is 2. The molecule has 3 rings (SSSR count). The molecule has 0 spiro atoms. The number of anilines is 1. The van der Waals surface area contributed by atoms with E-state index < -0.39 is 0 Å². The molecule has 2 amide bonds. The van der Waals surface area contributed by atoms with Crippen molar-refractivity contribution in [3.8, 4) is 0 Å². The number of hydrogen-bond acceptors (Lipinski definition) is 5. The van der Waals surface area contributed by atoms with Crippen molar-refractivity contribution in [1.82, 2.24) is 19.7 Å². The summed E-state index contributed by atoms with van der Waals surface area (Å²) < 4.78 is 6.79. The van der Waals surface area contributed by atoms with E-state index in [2.05, 4.69) is 15.4 Å². The Bertz CT molecular complexity index is 801. The zero-order valence-corrected chi connectivity index (χ0v) is 14.8. The van der Waals surface area contributed by atoms with E-state index in [0.717, 1.165) is 29.6 Å². The maximum atomic E-state index is 12.5. The number of aryl methyl sites for hydroxylation is 2. The van der Waals surface area contributed by atoms with E-state index in [1.165, 1.54) is 0 Å². The fourth-order valence-electron chi connectivity index (χ4n) is 3.19. The van der Waals surface area contributed by atoms with Crippen LogP contribution in [0.2, 0.25) is 0 Å². The zero-order chi connectivity index (χ0) is 18.0. The molecular weight excluding hydrogens is 322 g/mol. The molecule has 1 atom stereocenters. The lowest BCUT2D eigenvalue weighted by atomic mass is 9.98. The minimum absolute atomic E-state index is 0.225. The molecule has 0 aromatic carbocycles. The van der Waals surface area contributed by atoms with Crippen LogP contribution < -0.4 is 5.32 Å². The van der Waals surface area contributed by atoms with Gasteiger partial charge in [-0.1, -0.05) is 0 Å². The number of hydrogen-bond donors (Lipinski definition) is 1. The summed E-state index contributed by atoms with van der Waals surface area (Å²) in [6.07, 6.45) is 3.16. The first-order chi connectivity index (χ1) is 12.0. The summed E-state index contributed by atoms with van der Waals surface area (Å²) in [6.45, 7) is 5.06. The largest absolute Gasteiger partial charge is 0.466 e. The highest BCUT2D eigenvalue weighted by Gasteiger charge is 2.29. The van der Waals surface area contributed by atoms with E-state index in [1.54, 1.807) is 22.7 Å². The second kappa shape index (κ2) is 7.08. The van der Waals surface area contributed by atoms with Crippen molar-refractivity contribution < 1.29 is 14.3 Å². The lowest BCUT2D eigenvalue weighted by molar-refractivity contribution is -0.149. The van der Waals surface area contributed by atoms with Crippen molar-refractivity contribution in [2.24, 2.45) is 13.0 Å². The molecule has 8 nitrogen and oxygen atoms in total. The van der Waals surface area contributed by atoms with Crippen LogP contribution in [0.1, 0.15) is 25.5 Å². The maximum absolute atomic E-state index is 12.5. The first-order valence-electron chi connectivity index (χ1n) is 8.51. The average molecular weight is 345 g/mol. The van der Waals surface area contributed by atoms with Crippen LogP contribution in [0.25, 0.3) is 11.0 Å². The topological polar surface area (TPSA) is 89.3 Å². The van der Waals surface area contributed by atoms with Gasteiger partial charge in [0.1, 0.15) is 0 Å². The Kier molecular flexibility index (Phi) is 4.87. The van der Waals surface area contributed by atoms with Crippen LogP contribution >= 0.6 is 0 Å². The number of carbonyl (C=O) groups excluding carboxylic acids is 2. The van der Waals surface area contributed by atoms with E-state index in [4.69, 9.17) is 4.74 Å². The molecule has 1 aliphatic rings. The van der Waals surface area contributed by atoms with Crippen LogP contribution in [-0.2, 0) is 16.6 Å². The van der Waals surface area contributed by atoms with Crippen molar-refractivity contribution in [2.45, 2.75) is 26.7 Å². The second-order valence-electron chi connectivity index (χ2n) is 6.27. The normalized spacial score (nSPS) is 17.6. The third-order valence-electron chi connectivity index (χ3n) is 4.44. The Labute approximate surface area is 146 Å². The number of likely N-dealkylation sites (tertiary alicyclic amines) is 1. The van der Waals surface area contributed by atoms with E-state index in [9.17, 15) is 9.59 Å². The Balaban J connectivity index is 1.69. The molecule has 2 aromatic heterocycles. The predicted molar refractivity (Wildman–Crippen MR) is 93.2 cm³/mol. The van der Waals surface area contributed by atoms with Crippen LogP contribution in [0.15, 0.2) is 12.3 Å². The molecule has 1 N–H and O–H groups in total. The predicted octanol–water partition coefficient (Wildman–Crippen LogP) is 2.08. The number of amides is 2. The molecular formula is C17H23N5O3. The van der Waals surface area contributed by atoms with Gasteiger partial charge < -0.3 is 15.0 Å². The summed E-state index contributed by atoms with van der Waals surface area (Å²) in [6, 6.07) is 1.65. The quantitative estimate of drug-likeness (QED) is 0.860. The molecule has 2 aromatic rings. The van der Waals surface area contributed by atoms with Gasteiger partial charge in [-0.05, 0) is 32.8 Å². The van der Waals surface area contributed by atoms with Crippen molar-refractivity contribution in [3.63, 3.8) is 0 Å². The smallest absolute Gasteiger partial charge is 0.321 e. The Morgan fingerprint density at radius 2 is 2.24 bits per heavy atom. The van der Waals surface area contributed by atoms with Gasteiger partial charge in [0, 0.05) is 25.5 Å². The Morgan fingerprint density at radius 1 is 1.44 bits per heavy atom. The summed E-state index contributed by atoms with van der Waals surface area (Å²) in [5.74, 6) is -0.477. The first kappa shape index (κ1) is 17.2. The monoisotopic (exact) mass is 345 g/mol. The molecule has 8 heteroatoms. The van der Waals surface area contributed by atoms with Gasteiger partial charge in [0.05, 0.1) is 30.1 Å².